The Morgan fingerprint density at radius 1 is 1.48 bits per heavy atom. The fraction of sp³-hybridized carbons (Fsp3) is 0.600. The maximum absolute atomic E-state index is 12.7. The largest absolute Gasteiger partial charge is 0.340 e. The van der Waals surface area contributed by atoms with Crippen molar-refractivity contribution in [1.82, 2.24) is 24.6 Å². The highest BCUT2D eigenvalue weighted by Crippen LogP contribution is 2.33. The van der Waals surface area contributed by atoms with Gasteiger partial charge in [-0.25, -0.2) is 4.98 Å². The summed E-state index contributed by atoms with van der Waals surface area (Å²) in [6.45, 7) is 2.94. The van der Waals surface area contributed by atoms with Crippen LogP contribution in [-0.4, -0.2) is 48.9 Å². The van der Waals surface area contributed by atoms with Gasteiger partial charge in [-0.3, -0.25) is 19.3 Å². The molecule has 0 aliphatic carbocycles. The fourth-order valence-electron chi connectivity index (χ4n) is 3.49. The molecule has 2 aromatic heterocycles. The number of nitrogens with one attached hydrogen (secondary N) is 1. The van der Waals surface area contributed by atoms with Gasteiger partial charge in [0.1, 0.15) is 5.39 Å². The minimum absolute atomic E-state index is 0.103. The molecule has 122 valence electrons. The Kier molecular flexibility index (Phi) is 3.63. The molecule has 1 N–H and O–H groups in total. The zero-order valence-corrected chi connectivity index (χ0v) is 13.8. The van der Waals surface area contributed by atoms with Crippen LogP contribution in [0.25, 0.3) is 11.0 Å². The lowest BCUT2D eigenvalue weighted by Gasteiger charge is -2.34. The average molecular weight is 333 g/mol. The lowest BCUT2D eigenvalue weighted by molar-refractivity contribution is -0.135. The molecule has 2 aromatic rings. The van der Waals surface area contributed by atoms with Crippen LogP contribution in [0.3, 0.4) is 0 Å². The van der Waals surface area contributed by atoms with E-state index in [4.69, 9.17) is 0 Å². The molecule has 0 aromatic carbocycles. The molecule has 7 nitrogen and oxygen atoms in total. The molecular formula is C15H19N5O2S. The third-order valence-electron chi connectivity index (χ3n) is 4.79. The number of carbonyl (C=O) groups is 1. The van der Waals surface area contributed by atoms with Gasteiger partial charge in [0, 0.05) is 24.8 Å². The number of hydrogen-bond acceptors (Lipinski definition) is 5. The lowest BCUT2D eigenvalue weighted by Crippen LogP contribution is -2.43. The summed E-state index contributed by atoms with van der Waals surface area (Å²) in [6, 6.07) is 0.187. The van der Waals surface area contributed by atoms with E-state index in [1.807, 2.05) is 4.90 Å². The molecule has 8 heteroatoms. The second-order valence-corrected chi connectivity index (χ2v) is 7.29. The van der Waals surface area contributed by atoms with E-state index >= 15 is 0 Å². The molecule has 2 unspecified atom stereocenters. The van der Waals surface area contributed by atoms with Crippen molar-refractivity contribution in [2.24, 2.45) is 0 Å². The number of aromatic nitrogens is 4. The number of fused-ring (bicyclic) bond motifs is 2. The van der Waals surface area contributed by atoms with Crippen LogP contribution < -0.4 is 5.56 Å². The molecule has 2 atom stereocenters. The summed E-state index contributed by atoms with van der Waals surface area (Å²) in [5, 5.41) is 7.79. The molecule has 4 rings (SSSR count). The summed E-state index contributed by atoms with van der Waals surface area (Å²) in [5.74, 6) is 0.866. The summed E-state index contributed by atoms with van der Waals surface area (Å²) in [7, 11) is 0. The van der Waals surface area contributed by atoms with E-state index in [1.54, 1.807) is 4.57 Å². The molecule has 0 radical (unpaired) electrons. The van der Waals surface area contributed by atoms with Crippen LogP contribution in [0.2, 0.25) is 0 Å². The van der Waals surface area contributed by atoms with E-state index in [1.165, 1.54) is 24.4 Å². The van der Waals surface area contributed by atoms with E-state index < -0.39 is 0 Å². The zero-order chi connectivity index (χ0) is 16.0. The zero-order valence-electron chi connectivity index (χ0n) is 13.0. The van der Waals surface area contributed by atoms with Crippen molar-refractivity contribution in [3.8, 4) is 0 Å². The van der Waals surface area contributed by atoms with Gasteiger partial charge >= 0.3 is 0 Å². The van der Waals surface area contributed by atoms with Crippen molar-refractivity contribution in [3.63, 3.8) is 0 Å². The number of rotatable bonds is 2. The maximum atomic E-state index is 12.7. The number of aromatic amines is 1. The number of carbonyl (C=O) groups excluding carboxylic acids is 1. The molecule has 1 amide bonds. The summed E-state index contributed by atoms with van der Waals surface area (Å²) in [4.78, 5) is 31.7. The first-order valence-electron chi connectivity index (χ1n) is 8.03. The smallest absolute Gasteiger partial charge is 0.265 e. The Balaban J connectivity index is 1.61. The summed E-state index contributed by atoms with van der Waals surface area (Å²) in [6.07, 6.45) is 5.21. The van der Waals surface area contributed by atoms with Gasteiger partial charge in [0.05, 0.1) is 12.2 Å². The normalized spacial score (nSPS) is 24.1. The number of thioether (sulfide) groups is 1. The van der Waals surface area contributed by atoms with Gasteiger partial charge in [-0.15, -0.1) is 0 Å². The number of amides is 1. The molecule has 1 saturated heterocycles. The molecule has 4 heterocycles. The SMILES string of the molecule is CC1CCCCN1C(=O)CC1CSc2nc3[nH]ncc3c(=O)n21. The third kappa shape index (κ3) is 2.45. The Labute approximate surface area is 137 Å². The predicted molar refractivity (Wildman–Crippen MR) is 87.6 cm³/mol. The summed E-state index contributed by atoms with van der Waals surface area (Å²) < 4.78 is 1.68. The van der Waals surface area contributed by atoms with E-state index in [0.717, 1.165) is 25.1 Å². The summed E-state index contributed by atoms with van der Waals surface area (Å²) in [5.41, 5.74) is 0.415. The fourth-order valence-corrected chi connectivity index (χ4v) is 4.63. The van der Waals surface area contributed by atoms with Gasteiger partial charge in [0.15, 0.2) is 10.8 Å². The average Bonchev–Trinajstić information content (AvgIpc) is 3.15. The highest BCUT2D eigenvalue weighted by molar-refractivity contribution is 7.99. The Hall–Kier alpha value is -1.83. The van der Waals surface area contributed by atoms with Crippen molar-refractivity contribution in [2.75, 3.05) is 12.3 Å². The Morgan fingerprint density at radius 3 is 3.17 bits per heavy atom. The molecule has 0 saturated carbocycles. The first-order valence-corrected chi connectivity index (χ1v) is 9.01. The molecule has 2 aliphatic heterocycles. The van der Waals surface area contributed by atoms with Gasteiger partial charge in [0.25, 0.3) is 5.56 Å². The number of hydrogen-bond donors (Lipinski definition) is 1. The molecule has 2 aliphatic rings. The first kappa shape index (κ1) is 14.7. The van der Waals surface area contributed by atoms with E-state index in [-0.39, 0.29) is 17.5 Å². The van der Waals surface area contributed by atoms with Gasteiger partial charge in [-0.2, -0.15) is 5.10 Å². The monoisotopic (exact) mass is 333 g/mol. The summed E-state index contributed by atoms with van der Waals surface area (Å²) >= 11 is 1.53. The van der Waals surface area contributed by atoms with Crippen LogP contribution in [0.15, 0.2) is 16.1 Å². The quantitative estimate of drug-likeness (QED) is 0.843. The maximum Gasteiger partial charge on any atom is 0.265 e. The minimum atomic E-state index is -0.115. The van der Waals surface area contributed by atoms with Crippen LogP contribution >= 0.6 is 11.8 Å². The van der Waals surface area contributed by atoms with Crippen LogP contribution in [-0.2, 0) is 4.79 Å². The molecule has 1 fully saturated rings. The van der Waals surface area contributed by atoms with E-state index in [0.29, 0.717) is 28.7 Å². The topological polar surface area (TPSA) is 83.9 Å². The third-order valence-corrected chi connectivity index (χ3v) is 5.88. The van der Waals surface area contributed by atoms with E-state index in [9.17, 15) is 9.59 Å². The van der Waals surface area contributed by atoms with Crippen molar-refractivity contribution >= 4 is 28.7 Å². The van der Waals surface area contributed by atoms with Gasteiger partial charge in [-0.1, -0.05) is 11.8 Å². The number of H-pyrrole nitrogens is 1. The van der Waals surface area contributed by atoms with Gasteiger partial charge in [-0.05, 0) is 26.2 Å². The Morgan fingerprint density at radius 2 is 2.35 bits per heavy atom. The highest BCUT2D eigenvalue weighted by atomic mass is 32.2. The predicted octanol–water partition coefficient (Wildman–Crippen LogP) is 1.56. The number of likely N-dealkylation sites (tertiary alicyclic amines) is 1. The van der Waals surface area contributed by atoms with Crippen molar-refractivity contribution in [1.29, 1.82) is 0 Å². The van der Waals surface area contributed by atoms with Crippen molar-refractivity contribution < 1.29 is 4.79 Å². The van der Waals surface area contributed by atoms with Crippen LogP contribution in [0.4, 0.5) is 0 Å². The standard InChI is InChI=1S/C15H19N5O2S/c1-9-4-2-3-5-19(9)12(21)6-10-8-23-15-17-13-11(7-16-18-13)14(22)20(10)15/h7,9-10H,2-6,8H2,1H3,(H,16,18). The van der Waals surface area contributed by atoms with Crippen molar-refractivity contribution in [2.45, 2.75) is 49.8 Å². The molecule has 0 bridgehead atoms. The molecule has 0 spiro atoms. The highest BCUT2D eigenvalue weighted by Gasteiger charge is 2.31. The van der Waals surface area contributed by atoms with Gasteiger partial charge in [0.2, 0.25) is 5.91 Å². The Bertz CT molecular complexity index is 814. The van der Waals surface area contributed by atoms with Crippen LogP contribution in [0.1, 0.15) is 38.6 Å². The second-order valence-electron chi connectivity index (χ2n) is 6.30. The number of nitrogens with zero attached hydrogens (tertiary/aromatic N) is 4. The minimum Gasteiger partial charge on any atom is -0.340 e. The molecular weight excluding hydrogens is 314 g/mol. The van der Waals surface area contributed by atoms with Crippen molar-refractivity contribution in [3.05, 3.63) is 16.6 Å². The first-order chi connectivity index (χ1) is 11.1. The van der Waals surface area contributed by atoms with E-state index in [2.05, 4.69) is 22.1 Å². The second kappa shape index (κ2) is 5.67. The lowest BCUT2D eigenvalue weighted by atomic mass is 10.0. The van der Waals surface area contributed by atoms with Crippen LogP contribution in [0, 0.1) is 0 Å². The number of piperidine rings is 1. The molecule has 23 heavy (non-hydrogen) atoms. The van der Waals surface area contributed by atoms with Gasteiger partial charge < -0.3 is 4.90 Å². The van der Waals surface area contributed by atoms with Crippen LogP contribution in [0.5, 0.6) is 0 Å².